The number of hydrogen-bond acceptors (Lipinski definition) is 2. The SMILES string of the molecule is O=C(Nc1ccc(Cl)cc1Cl)C1CNc2ccccc2C1. The number of anilines is 2. The molecular weight excluding hydrogens is 307 g/mol. The number of halogens is 2. The Balaban J connectivity index is 1.72. The van der Waals surface area contributed by atoms with E-state index in [4.69, 9.17) is 23.2 Å². The second-order valence-electron chi connectivity index (χ2n) is 5.05. The minimum absolute atomic E-state index is 0.0405. The summed E-state index contributed by atoms with van der Waals surface area (Å²) in [6, 6.07) is 13.1. The fourth-order valence-corrected chi connectivity index (χ4v) is 2.91. The topological polar surface area (TPSA) is 41.1 Å². The molecule has 1 atom stereocenters. The number of nitrogens with one attached hydrogen (secondary N) is 2. The van der Waals surface area contributed by atoms with Crippen molar-refractivity contribution in [2.45, 2.75) is 6.42 Å². The number of amides is 1. The van der Waals surface area contributed by atoms with Crippen molar-refractivity contribution in [3.63, 3.8) is 0 Å². The number of fused-ring (bicyclic) bond motifs is 1. The molecule has 3 nitrogen and oxygen atoms in total. The summed E-state index contributed by atoms with van der Waals surface area (Å²) in [7, 11) is 0. The number of para-hydroxylation sites is 1. The lowest BCUT2D eigenvalue weighted by molar-refractivity contribution is -0.119. The number of benzene rings is 2. The van der Waals surface area contributed by atoms with Crippen LogP contribution >= 0.6 is 23.2 Å². The number of hydrogen-bond donors (Lipinski definition) is 2. The summed E-state index contributed by atoms with van der Waals surface area (Å²) in [5, 5.41) is 7.15. The van der Waals surface area contributed by atoms with Gasteiger partial charge in [-0.3, -0.25) is 4.79 Å². The first kappa shape index (κ1) is 14.2. The normalized spacial score (nSPS) is 16.8. The van der Waals surface area contributed by atoms with Crippen LogP contribution in [0.2, 0.25) is 10.0 Å². The molecule has 1 amide bonds. The lowest BCUT2D eigenvalue weighted by Crippen LogP contribution is -2.33. The van der Waals surface area contributed by atoms with Gasteiger partial charge in [-0.05, 0) is 36.2 Å². The third-order valence-electron chi connectivity index (χ3n) is 3.58. The Bertz CT molecular complexity index is 688. The maximum Gasteiger partial charge on any atom is 0.229 e. The van der Waals surface area contributed by atoms with Gasteiger partial charge in [-0.2, -0.15) is 0 Å². The van der Waals surface area contributed by atoms with Crippen molar-refractivity contribution in [2.24, 2.45) is 5.92 Å². The summed E-state index contributed by atoms with van der Waals surface area (Å²) < 4.78 is 0. The van der Waals surface area contributed by atoms with Gasteiger partial charge in [0.1, 0.15) is 0 Å². The number of carbonyl (C=O) groups excluding carboxylic acids is 1. The van der Waals surface area contributed by atoms with E-state index in [0.29, 0.717) is 22.3 Å². The zero-order valence-corrected chi connectivity index (χ0v) is 12.7. The van der Waals surface area contributed by atoms with Crippen molar-refractivity contribution in [3.8, 4) is 0 Å². The van der Waals surface area contributed by atoms with Crippen LogP contribution in [0.4, 0.5) is 11.4 Å². The lowest BCUT2D eigenvalue weighted by atomic mass is 9.93. The van der Waals surface area contributed by atoms with E-state index >= 15 is 0 Å². The van der Waals surface area contributed by atoms with Gasteiger partial charge in [0.05, 0.1) is 16.6 Å². The summed E-state index contributed by atoms with van der Waals surface area (Å²) in [6.45, 7) is 0.619. The third-order valence-corrected chi connectivity index (χ3v) is 4.13. The molecule has 2 aromatic carbocycles. The molecule has 2 N–H and O–H groups in total. The molecule has 1 heterocycles. The highest BCUT2D eigenvalue weighted by molar-refractivity contribution is 6.36. The standard InChI is InChI=1S/C16H14Cl2N2O/c17-12-5-6-15(13(18)8-12)20-16(21)11-7-10-3-1-2-4-14(10)19-9-11/h1-6,8,11,19H,7,9H2,(H,20,21). The zero-order chi connectivity index (χ0) is 14.8. The van der Waals surface area contributed by atoms with Gasteiger partial charge in [0, 0.05) is 17.3 Å². The van der Waals surface area contributed by atoms with E-state index in [0.717, 1.165) is 17.7 Å². The lowest BCUT2D eigenvalue weighted by Gasteiger charge is -2.25. The van der Waals surface area contributed by atoms with Crippen molar-refractivity contribution >= 4 is 40.5 Å². The molecule has 3 rings (SSSR count). The van der Waals surface area contributed by atoms with Crippen molar-refractivity contribution < 1.29 is 4.79 Å². The van der Waals surface area contributed by atoms with Crippen molar-refractivity contribution in [1.82, 2.24) is 0 Å². The van der Waals surface area contributed by atoms with Gasteiger partial charge >= 0.3 is 0 Å². The Morgan fingerprint density at radius 2 is 2.00 bits per heavy atom. The molecule has 0 saturated heterocycles. The molecule has 1 aliphatic rings. The largest absolute Gasteiger partial charge is 0.384 e. The Labute approximate surface area is 133 Å². The Morgan fingerprint density at radius 1 is 1.19 bits per heavy atom. The minimum Gasteiger partial charge on any atom is -0.384 e. The summed E-state index contributed by atoms with van der Waals surface area (Å²) >= 11 is 11.9. The van der Waals surface area contributed by atoms with Gasteiger partial charge in [-0.25, -0.2) is 0 Å². The molecule has 0 aromatic heterocycles. The highest BCUT2D eigenvalue weighted by Gasteiger charge is 2.24. The fraction of sp³-hybridized carbons (Fsp3) is 0.188. The zero-order valence-electron chi connectivity index (χ0n) is 11.2. The molecule has 0 spiro atoms. The van der Waals surface area contributed by atoms with Crippen molar-refractivity contribution in [1.29, 1.82) is 0 Å². The van der Waals surface area contributed by atoms with Crippen LogP contribution in [0.1, 0.15) is 5.56 Å². The van der Waals surface area contributed by atoms with Gasteiger partial charge in [0.15, 0.2) is 0 Å². The number of rotatable bonds is 2. The quantitative estimate of drug-likeness (QED) is 0.870. The molecular formula is C16H14Cl2N2O. The van der Waals surface area contributed by atoms with Crippen LogP contribution in [-0.2, 0) is 11.2 Å². The summed E-state index contributed by atoms with van der Waals surface area (Å²) in [6.07, 6.45) is 0.722. The van der Waals surface area contributed by atoms with Crippen LogP contribution in [0.5, 0.6) is 0 Å². The molecule has 2 aromatic rings. The molecule has 1 unspecified atom stereocenters. The molecule has 0 radical (unpaired) electrons. The maximum atomic E-state index is 12.4. The van der Waals surface area contributed by atoms with Gasteiger partial charge < -0.3 is 10.6 Å². The second-order valence-corrected chi connectivity index (χ2v) is 5.90. The monoisotopic (exact) mass is 320 g/mol. The molecule has 0 fully saturated rings. The predicted molar refractivity (Wildman–Crippen MR) is 87.2 cm³/mol. The molecule has 0 aliphatic carbocycles. The summed E-state index contributed by atoms with van der Waals surface area (Å²) in [4.78, 5) is 12.4. The van der Waals surface area contributed by atoms with Crippen molar-refractivity contribution in [3.05, 3.63) is 58.1 Å². The first-order valence-corrected chi connectivity index (χ1v) is 7.47. The Kier molecular flexibility index (Phi) is 4.04. The smallest absolute Gasteiger partial charge is 0.229 e. The highest BCUT2D eigenvalue weighted by atomic mass is 35.5. The second kappa shape index (κ2) is 5.96. The average Bonchev–Trinajstić information content (AvgIpc) is 2.49. The van der Waals surface area contributed by atoms with E-state index in [1.165, 1.54) is 0 Å². The molecule has 0 bridgehead atoms. The van der Waals surface area contributed by atoms with Crippen LogP contribution in [0.25, 0.3) is 0 Å². The van der Waals surface area contributed by atoms with Crippen LogP contribution in [0.3, 0.4) is 0 Å². The molecule has 1 aliphatic heterocycles. The van der Waals surface area contributed by atoms with E-state index in [9.17, 15) is 4.79 Å². The minimum atomic E-state index is -0.119. The van der Waals surface area contributed by atoms with E-state index in [-0.39, 0.29) is 11.8 Å². The Morgan fingerprint density at radius 3 is 2.81 bits per heavy atom. The van der Waals surface area contributed by atoms with Crippen LogP contribution in [0, 0.1) is 5.92 Å². The first-order valence-electron chi connectivity index (χ1n) is 6.71. The van der Waals surface area contributed by atoms with Crippen LogP contribution < -0.4 is 10.6 Å². The predicted octanol–water partition coefficient (Wildman–Crippen LogP) is 4.22. The molecule has 5 heteroatoms. The van der Waals surface area contributed by atoms with E-state index in [2.05, 4.69) is 10.6 Å². The van der Waals surface area contributed by atoms with Gasteiger partial charge in [0.25, 0.3) is 0 Å². The molecule has 21 heavy (non-hydrogen) atoms. The van der Waals surface area contributed by atoms with Gasteiger partial charge in [-0.1, -0.05) is 41.4 Å². The highest BCUT2D eigenvalue weighted by Crippen LogP contribution is 2.28. The van der Waals surface area contributed by atoms with Crippen LogP contribution in [-0.4, -0.2) is 12.5 Å². The van der Waals surface area contributed by atoms with Crippen molar-refractivity contribution in [2.75, 3.05) is 17.2 Å². The van der Waals surface area contributed by atoms with Crippen LogP contribution in [0.15, 0.2) is 42.5 Å². The van der Waals surface area contributed by atoms with E-state index in [1.807, 2.05) is 24.3 Å². The van der Waals surface area contributed by atoms with Gasteiger partial charge in [0.2, 0.25) is 5.91 Å². The maximum absolute atomic E-state index is 12.4. The van der Waals surface area contributed by atoms with Gasteiger partial charge in [-0.15, -0.1) is 0 Å². The molecule has 108 valence electrons. The van der Waals surface area contributed by atoms with E-state index in [1.54, 1.807) is 18.2 Å². The van der Waals surface area contributed by atoms with E-state index < -0.39 is 0 Å². The summed E-state index contributed by atoms with van der Waals surface area (Å²) in [5.74, 6) is -0.159. The fourth-order valence-electron chi connectivity index (χ4n) is 2.45. The average molecular weight is 321 g/mol. The first-order chi connectivity index (χ1) is 10.1. The molecule has 0 saturated carbocycles. The number of carbonyl (C=O) groups is 1. The Hall–Kier alpha value is -1.71. The third kappa shape index (κ3) is 3.14. The summed E-state index contributed by atoms with van der Waals surface area (Å²) in [5.41, 5.74) is 2.85.